The lowest BCUT2D eigenvalue weighted by Crippen LogP contribution is -2.51. The number of hydrogen-bond donors (Lipinski definition) is 4. The molecule has 0 aromatic heterocycles. The molecular weight excluding hydrogens is 550 g/mol. The van der Waals surface area contributed by atoms with Crippen LogP contribution in [0.5, 0.6) is 0 Å². The second-order valence-electron chi connectivity index (χ2n) is 11.3. The van der Waals surface area contributed by atoms with Crippen molar-refractivity contribution in [1.82, 2.24) is 16.0 Å². The Morgan fingerprint density at radius 3 is 2.28 bits per heavy atom. The number of ether oxygens (including phenoxy) is 2. The number of allylic oxidation sites excluding steroid dienone is 1. The summed E-state index contributed by atoms with van der Waals surface area (Å²) >= 11 is 0. The Labute approximate surface area is 252 Å². The van der Waals surface area contributed by atoms with Crippen molar-refractivity contribution in [3.05, 3.63) is 83.9 Å². The van der Waals surface area contributed by atoms with Crippen LogP contribution in [0.4, 0.5) is 4.79 Å². The van der Waals surface area contributed by atoms with Gasteiger partial charge in [-0.3, -0.25) is 9.59 Å². The number of carbonyl (C=O) groups is 4. The van der Waals surface area contributed by atoms with Gasteiger partial charge in [-0.2, -0.15) is 0 Å². The number of carbonyl (C=O) groups excluding carboxylic acids is 4. The zero-order chi connectivity index (χ0) is 30.5. The quantitative estimate of drug-likeness (QED) is 0.259. The highest BCUT2D eigenvalue weighted by molar-refractivity contribution is 5.86. The fourth-order valence-corrected chi connectivity index (χ4v) is 5.49. The van der Waals surface area contributed by atoms with Crippen molar-refractivity contribution in [1.29, 1.82) is 0 Å². The van der Waals surface area contributed by atoms with Gasteiger partial charge < -0.3 is 30.5 Å². The Morgan fingerprint density at radius 1 is 0.953 bits per heavy atom. The molecule has 0 saturated heterocycles. The number of cyclic esters (lactones) is 1. The number of alkyl carbamates (subject to hydrolysis) is 1. The molecule has 2 aliphatic rings. The van der Waals surface area contributed by atoms with Crippen LogP contribution in [0.3, 0.4) is 0 Å². The molecule has 0 radical (unpaired) electrons. The van der Waals surface area contributed by atoms with Crippen LogP contribution in [0.2, 0.25) is 0 Å². The fraction of sp³-hybridized carbons (Fsp3) is 0.455. The van der Waals surface area contributed by atoms with E-state index in [1.54, 1.807) is 12.2 Å². The van der Waals surface area contributed by atoms with Crippen LogP contribution in [-0.2, 0) is 36.9 Å². The van der Waals surface area contributed by atoms with Crippen LogP contribution in [0.15, 0.2) is 72.8 Å². The van der Waals surface area contributed by atoms with E-state index >= 15 is 0 Å². The standard InChI is InChI=1S/C33H41N3O7/c37-23-33(17-9-10-18-33)36-29(38)20-26-15-7-8-16-28(35-32(41)43-21-25-13-5-2-6-14-25)31(40)42-22-27(34-30(26)39)19-24-11-3-1-4-12-24/h1-8,11-14,26-28,37H,9-10,15-23H2,(H,34,39)(H,35,41)(H,36,38). The van der Waals surface area contributed by atoms with Gasteiger partial charge in [0.1, 0.15) is 19.3 Å². The third-order valence-electron chi connectivity index (χ3n) is 7.92. The molecule has 4 N–H and O–H groups in total. The second kappa shape index (κ2) is 15.9. The molecule has 3 atom stereocenters. The van der Waals surface area contributed by atoms with Gasteiger partial charge >= 0.3 is 12.1 Å². The Bertz CT molecular complexity index is 1250. The second-order valence-corrected chi connectivity index (χ2v) is 11.3. The molecule has 3 unspecified atom stereocenters. The summed E-state index contributed by atoms with van der Waals surface area (Å²) in [4.78, 5) is 52.1. The smallest absolute Gasteiger partial charge is 0.408 e. The highest BCUT2D eigenvalue weighted by Gasteiger charge is 2.36. The minimum atomic E-state index is -0.999. The Kier molecular flexibility index (Phi) is 11.7. The van der Waals surface area contributed by atoms with Gasteiger partial charge in [0.15, 0.2) is 0 Å². The number of amides is 3. The first kappa shape index (κ1) is 31.7. The minimum absolute atomic E-state index is 0.0523. The van der Waals surface area contributed by atoms with E-state index in [0.717, 1.165) is 24.0 Å². The summed E-state index contributed by atoms with van der Waals surface area (Å²) in [6.07, 6.45) is 6.68. The van der Waals surface area contributed by atoms with Gasteiger partial charge in [-0.05, 0) is 43.2 Å². The van der Waals surface area contributed by atoms with Crippen molar-refractivity contribution in [2.24, 2.45) is 5.92 Å². The Balaban J connectivity index is 1.45. The van der Waals surface area contributed by atoms with Gasteiger partial charge in [0.2, 0.25) is 11.8 Å². The monoisotopic (exact) mass is 591 g/mol. The SMILES string of the molecule is O=C(CC1CC=CCC(NC(=O)OCc2ccccc2)C(=O)OCC(Cc2ccccc2)NC1=O)NC1(CO)CCCC1. The van der Waals surface area contributed by atoms with E-state index in [1.807, 2.05) is 60.7 Å². The molecule has 2 aromatic carbocycles. The predicted molar refractivity (Wildman–Crippen MR) is 159 cm³/mol. The maximum Gasteiger partial charge on any atom is 0.408 e. The summed E-state index contributed by atoms with van der Waals surface area (Å²) in [7, 11) is 0. The summed E-state index contributed by atoms with van der Waals surface area (Å²) in [6, 6.07) is 17.1. The fourth-order valence-electron chi connectivity index (χ4n) is 5.49. The number of aliphatic hydroxyl groups excluding tert-OH is 1. The molecule has 3 amide bonds. The summed E-state index contributed by atoms with van der Waals surface area (Å²) in [5.41, 5.74) is 1.12. The zero-order valence-corrected chi connectivity index (χ0v) is 24.3. The average molecular weight is 592 g/mol. The first-order chi connectivity index (χ1) is 20.9. The number of aliphatic hydroxyl groups is 1. The molecule has 1 aliphatic heterocycles. The van der Waals surface area contributed by atoms with Gasteiger partial charge in [0.05, 0.1) is 24.1 Å². The molecule has 1 heterocycles. The lowest BCUT2D eigenvalue weighted by molar-refractivity contribution is -0.147. The molecule has 2 aromatic rings. The predicted octanol–water partition coefficient (Wildman–Crippen LogP) is 3.33. The molecule has 1 aliphatic carbocycles. The molecular formula is C33H41N3O7. The van der Waals surface area contributed by atoms with Crippen molar-refractivity contribution in [3.63, 3.8) is 0 Å². The van der Waals surface area contributed by atoms with Crippen molar-refractivity contribution < 1.29 is 33.8 Å². The third kappa shape index (κ3) is 9.95. The van der Waals surface area contributed by atoms with E-state index in [9.17, 15) is 24.3 Å². The van der Waals surface area contributed by atoms with Gasteiger partial charge in [0.25, 0.3) is 0 Å². The van der Waals surface area contributed by atoms with Crippen molar-refractivity contribution in [3.8, 4) is 0 Å². The molecule has 10 nitrogen and oxygen atoms in total. The van der Waals surface area contributed by atoms with E-state index in [2.05, 4.69) is 16.0 Å². The van der Waals surface area contributed by atoms with Gasteiger partial charge in [0, 0.05) is 6.42 Å². The Hall–Kier alpha value is -4.18. The maximum atomic E-state index is 13.4. The lowest BCUT2D eigenvalue weighted by atomic mass is 9.95. The molecule has 1 saturated carbocycles. The topological polar surface area (TPSA) is 143 Å². The van der Waals surface area contributed by atoms with Crippen molar-refractivity contribution in [2.75, 3.05) is 13.2 Å². The summed E-state index contributed by atoms with van der Waals surface area (Å²) in [6.45, 7) is -0.202. The van der Waals surface area contributed by atoms with Crippen molar-refractivity contribution in [2.45, 2.75) is 75.6 Å². The van der Waals surface area contributed by atoms with E-state index in [1.165, 1.54) is 0 Å². The van der Waals surface area contributed by atoms with Crippen molar-refractivity contribution >= 4 is 23.9 Å². The highest BCUT2D eigenvalue weighted by Crippen LogP contribution is 2.29. The van der Waals surface area contributed by atoms with Crippen LogP contribution < -0.4 is 16.0 Å². The highest BCUT2D eigenvalue weighted by atomic mass is 16.6. The minimum Gasteiger partial charge on any atom is -0.462 e. The third-order valence-corrected chi connectivity index (χ3v) is 7.92. The molecule has 1 fully saturated rings. The number of hydrogen-bond acceptors (Lipinski definition) is 7. The number of benzene rings is 2. The first-order valence-corrected chi connectivity index (χ1v) is 14.9. The summed E-state index contributed by atoms with van der Waals surface area (Å²) < 4.78 is 10.9. The summed E-state index contributed by atoms with van der Waals surface area (Å²) in [5.74, 6) is -1.93. The molecule has 4 rings (SSSR count). The molecule has 43 heavy (non-hydrogen) atoms. The van der Waals surface area contributed by atoms with Crippen LogP contribution in [0.1, 0.15) is 56.1 Å². The van der Waals surface area contributed by atoms with E-state index in [-0.39, 0.29) is 50.9 Å². The maximum absolute atomic E-state index is 13.4. The van der Waals surface area contributed by atoms with Crippen LogP contribution in [-0.4, -0.2) is 59.8 Å². The number of rotatable bonds is 9. The first-order valence-electron chi connectivity index (χ1n) is 14.9. The normalized spacial score (nSPS) is 22.3. The molecule has 230 valence electrons. The Morgan fingerprint density at radius 2 is 1.60 bits per heavy atom. The van der Waals surface area contributed by atoms with Gasteiger partial charge in [-0.15, -0.1) is 0 Å². The largest absolute Gasteiger partial charge is 0.462 e. The molecule has 10 heteroatoms. The van der Waals surface area contributed by atoms with Gasteiger partial charge in [-0.25, -0.2) is 9.59 Å². The molecule has 0 spiro atoms. The van der Waals surface area contributed by atoms with E-state index in [4.69, 9.17) is 9.47 Å². The molecule has 0 bridgehead atoms. The van der Waals surface area contributed by atoms with Gasteiger partial charge in [-0.1, -0.05) is 85.7 Å². The van der Waals surface area contributed by atoms with Crippen LogP contribution in [0.25, 0.3) is 0 Å². The zero-order valence-electron chi connectivity index (χ0n) is 24.3. The van der Waals surface area contributed by atoms with E-state index < -0.39 is 35.6 Å². The number of nitrogens with one attached hydrogen (secondary N) is 3. The summed E-state index contributed by atoms with van der Waals surface area (Å²) in [5, 5.41) is 18.5. The van der Waals surface area contributed by atoms with E-state index in [0.29, 0.717) is 19.3 Å². The van der Waals surface area contributed by atoms with Crippen LogP contribution in [0, 0.1) is 5.92 Å². The lowest BCUT2D eigenvalue weighted by Gasteiger charge is -2.29. The van der Waals surface area contributed by atoms with Crippen LogP contribution >= 0.6 is 0 Å². The number of esters is 1. The average Bonchev–Trinajstić information content (AvgIpc) is 3.48.